The van der Waals surface area contributed by atoms with Gasteiger partial charge in [-0.05, 0) is 18.8 Å². The molecule has 0 aliphatic heterocycles. The minimum Gasteiger partial charge on any atom is -0.481 e. The third-order valence-corrected chi connectivity index (χ3v) is 4.54. The van der Waals surface area contributed by atoms with Crippen molar-refractivity contribution in [3.8, 4) is 0 Å². The summed E-state index contributed by atoms with van der Waals surface area (Å²) in [5.41, 5.74) is 5.56. The van der Waals surface area contributed by atoms with Gasteiger partial charge in [0.05, 0.1) is 12.5 Å². The van der Waals surface area contributed by atoms with E-state index in [0.717, 1.165) is 0 Å². The number of thiol groups is 1. The monoisotopic (exact) mass is 478 g/mol. The van der Waals surface area contributed by atoms with Crippen LogP contribution in [0.2, 0.25) is 0 Å². The van der Waals surface area contributed by atoms with E-state index >= 15 is 0 Å². The van der Waals surface area contributed by atoms with Gasteiger partial charge in [-0.15, -0.1) is 0 Å². The molecular formula is C18H30N4O9S. The van der Waals surface area contributed by atoms with Crippen LogP contribution in [-0.2, 0) is 28.8 Å². The molecular weight excluding hydrogens is 448 g/mol. The van der Waals surface area contributed by atoms with Gasteiger partial charge in [-0.3, -0.25) is 24.0 Å². The first kappa shape index (κ1) is 29.1. The van der Waals surface area contributed by atoms with Gasteiger partial charge < -0.3 is 37.0 Å². The number of carboxylic acids is 3. The van der Waals surface area contributed by atoms with Gasteiger partial charge in [0, 0.05) is 12.2 Å². The molecule has 0 fully saturated rings. The molecule has 0 bridgehead atoms. The summed E-state index contributed by atoms with van der Waals surface area (Å²) in [5, 5.41) is 33.6. The van der Waals surface area contributed by atoms with E-state index < -0.39 is 72.6 Å². The van der Waals surface area contributed by atoms with Gasteiger partial charge in [0.25, 0.3) is 0 Å². The highest BCUT2D eigenvalue weighted by Gasteiger charge is 2.31. The lowest BCUT2D eigenvalue weighted by atomic mass is 10.0. The van der Waals surface area contributed by atoms with Crippen LogP contribution >= 0.6 is 12.6 Å². The number of nitrogens with two attached hydrogens (primary N) is 1. The average molecular weight is 479 g/mol. The van der Waals surface area contributed by atoms with Crippen molar-refractivity contribution in [3.63, 3.8) is 0 Å². The Hall–Kier alpha value is -2.87. The molecule has 0 heterocycles. The van der Waals surface area contributed by atoms with E-state index in [1.165, 1.54) is 0 Å². The van der Waals surface area contributed by atoms with Crippen LogP contribution in [-0.4, -0.2) is 80.9 Å². The highest BCUT2D eigenvalue weighted by Crippen LogP contribution is 2.08. The molecule has 0 radical (unpaired) electrons. The number of carbonyl (C=O) groups is 6. The number of amides is 3. The van der Waals surface area contributed by atoms with Crippen molar-refractivity contribution in [1.29, 1.82) is 0 Å². The van der Waals surface area contributed by atoms with Gasteiger partial charge >= 0.3 is 17.9 Å². The molecule has 13 nitrogen and oxygen atoms in total. The molecule has 14 heteroatoms. The average Bonchev–Trinajstić information content (AvgIpc) is 2.67. The SMILES string of the molecule is CC(C)CC(NC(=O)C(CCC(=O)O)NC(=O)C(N)CS)C(=O)NC(CC(=O)O)C(=O)O. The number of carbonyl (C=O) groups excluding carboxylic acids is 3. The van der Waals surface area contributed by atoms with Crippen molar-refractivity contribution in [1.82, 2.24) is 16.0 Å². The maximum absolute atomic E-state index is 12.7. The van der Waals surface area contributed by atoms with Crippen molar-refractivity contribution in [2.75, 3.05) is 5.75 Å². The van der Waals surface area contributed by atoms with E-state index in [-0.39, 0.29) is 24.5 Å². The predicted molar refractivity (Wildman–Crippen MR) is 114 cm³/mol. The summed E-state index contributed by atoms with van der Waals surface area (Å²) in [6.07, 6.45) is -1.57. The van der Waals surface area contributed by atoms with E-state index in [2.05, 4.69) is 28.6 Å². The van der Waals surface area contributed by atoms with Crippen LogP contribution in [0.5, 0.6) is 0 Å². The smallest absolute Gasteiger partial charge is 0.326 e. The Morgan fingerprint density at radius 3 is 1.75 bits per heavy atom. The molecule has 0 rings (SSSR count). The lowest BCUT2D eigenvalue weighted by Crippen LogP contribution is -2.57. The van der Waals surface area contributed by atoms with Gasteiger partial charge in [0.2, 0.25) is 17.7 Å². The number of rotatable bonds is 15. The number of nitrogens with one attached hydrogen (secondary N) is 3. The summed E-state index contributed by atoms with van der Waals surface area (Å²) in [5.74, 6) is -6.96. The third kappa shape index (κ3) is 11.5. The highest BCUT2D eigenvalue weighted by molar-refractivity contribution is 7.80. The Morgan fingerprint density at radius 2 is 1.31 bits per heavy atom. The number of hydrogen-bond donors (Lipinski definition) is 8. The van der Waals surface area contributed by atoms with Crippen molar-refractivity contribution < 1.29 is 44.1 Å². The highest BCUT2D eigenvalue weighted by atomic mass is 32.1. The van der Waals surface area contributed by atoms with E-state index in [9.17, 15) is 28.8 Å². The summed E-state index contributed by atoms with van der Waals surface area (Å²) < 4.78 is 0. The molecule has 32 heavy (non-hydrogen) atoms. The maximum atomic E-state index is 12.7. The van der Waals surface area contributed by atoms with Crippen molar-refractivity contribution >= 4 is 48.3 Å². The maximum Gasteiger partial charge on any atom is 0.326 e. The first-order chi connectivity index (χ1) is 14.8. The van der Waals surface area contributed by atoms with Crippen molar-refractivity contribution in [2.24, 2.45) is 11.7 Å². The summed E-state index contributed by atoms with van der Waals surface area (Å²) in [6, 6.07) is -5.37. The summed E-state index contributed by atoms with van der Waals surface area (Å²) >= 11 is 3.88. The van der Waals surface area contributed by atoms with Crippen LogP contribution < -0.4 is 21.7 Å². The minimum absolute atomic E-state index is 0.0301. The summed E-state index contributed by atoms with van der Waals surface area (Å²) in [6.45, 7) is 3.46. The van der Waals surface area contributed by atoms with E-state index in [1.807, 2.05) is 0 Å². The Kier molecular flexibility index (Phi) is 13.0. The zero-order chi connectivity index (χ0) is 25.0. The summed E-state index contributed by atoms with van der Waals surface area (Å²) in [4.78, 5) is 70.3. The first-order valence-electron chi connectivity index (χ1n) is 9.72. The second-order valence-electron chi connectivity index (χ2n) is 7.47. The quantitative estimate of drug-likeness (QED) is 0.123. The Bertz CT molecular complexity index is 717. The van der Waals surface area contributed by atoms with Crippen LogP contribution in [0.3, 0.4) is 0 Å². The Morgan fingerprint density at radius 1 is 0.812 bits per heavy atom. The number of carboxylic acid groups (broad SMARTS) is 3. The normalized spacial score (nSPS) is 14.5. The van der Waals surface area contributed by atoms with Gasteiger partial charge in [0.15, 0.2) is 0 Å². The fourth-order valence-corrected chi connectivity index (χ4v) is 2.69. The zero-order valence-electron chi connectivity index (χ0n) is 17.7. The molecule has 3 amide bonds. The predicted octanol–water partition coefficient (Wildman–Crippen LogP) is -1.83. The van der Waals surface area contributed by atoms with E-state index in [0.29, 0.717) is 0 Å². The Balaban J connectivity index is 5.53. The third-order valence-electron chi connectivity index (χ3n) is 4.15. The van der Waals surface area contributed by atoms with Gasteiger partial charge in [-0.1, -0.05) is 13.8 Å². The first-order valence-corrected chi connectivity index (χ1v) is 10.4. The van der Waals surface area contributed by atoms with Crippen LogP contribution in [0, 0.1) is 5.92 Å². The number of hydrogen-bond acceptors (Lipinski definition) is 8. The second-order valence-corrected chi connectivity index (χ2v) is 7.84. The fraction of sp³-hybridized carbons (Fsp3) is 0.667. The van der Waals surface area contributed by atoms with Crippen molar-refractivity contribution in [2.45, 2.75) is 63.7 Å². The molecule has 0 spiro atoms. The van der Waals surface area contributed by atoms with Crippen LogP contribution in [0.15, 0.2) is 0 Å². The molecule has 0 aromatic heterocycles. The van der Waals surface area contributed by atoms with Gasteiger partial charge in [-0.25, -0.2) is 4.79 Å². The largest absolute Gasteiger partial charge is 0.481 e. The van der Waals surface area contributed by atoms with Gasteiger partial charge in [0.1, 0.15) is 18.1 Å². The Labute approximate surface area is 189 Å². The molecule has 0 saturated heterocycles. The standard InChI is InChI=1S/C18H30N4O9S/c1-8(2)5-11(17(29)22-12(18(30)31)6-14(25)26)21-16(28)10(3-4-13(23)24)20-15(27)9(19)7-32/h8-12,32H,3-7,19H2,1-2H3,(H,20,27)(H,21,28)(H,22,29)(H,23,24)(H,25,26)(H,30,31). The van der Waals surface area contributed by atoms with Crippen LogP contribution in [0.1, 0.15) is 39.5 Å². The zero-order valence-corrected chi connectivity index (χ0v) is 18.6. The molecule has 0 aliphatic rings. The molecule has 4 unspecified atom stereocenters. The molecule has 0 aromatic carbocycles. The fourth-order valence-electron chi connectivity index (χ4n) is 2.52. The molecule has 182 valence electrons. The molecule has 0 aliphatic carbocycles. The van der Waals surface area contributed by atoms with Crippen molar-refractivity contribution in [3.05, 3.63) is 0 Å². The minimum atomic E-state index is -1.72. The molecule has 4 atom stereocenters. The van der Waals surface area contributed by atoms with E-state index in [1.54, 1.807) is 13.8 Å². The lowest BCUT2D eigenvalue weighted by molar-refractivity contribution is -0.147. The van der Waals surface area contributed by atoms with Crippen LogP contribution in [0.4, 0.5) is 0 Å². The van der Waals surface area contributed by atoms with Crippen LogP contribution in [0.25, 0.3) is 0 Å². The van der Waals surface area contributed by atoms with E-state index in [4.69, 9.17) is 21.1 Å². The second kappa shape index (κ2) is 14.2. The van der Waals surface area contributed by atoms with Gasteiger partial charge in [-0.2, -0.15) is 12.6 Å². The topological polar surface area (TPSA) is 225 Å². The molecule has 0 aromatic rings. The summed E-state index contributed by atoms with van der Waals surface area (Å²) in [7, 11) is 0. The molecule has 0 saturated carbocycles. The lowest BCUT2D eigenvalue weighted by Gasteiger charge is -2.25. The number of aliphatic carboxylic acids is 3. The molecule has 8 N–H and O–H groups in total.